The molecule has 0 atom stereocenters. The predicted octanol–water partition coefficient (Wildman–Crippen LogP) is 1.95. The monoisotopic (exact) mass is 417 g/mol. The Balaban J connectivity index is 1.58. The first kappa shape index (κ1) is 21.3. The van der Waals surface area contributed by atoms with Crippen LogP contribution in [-0.2, 0) is 16.6 Å². The number of piperazine rings is 1. The van der Waals surface area contributed by atoms with E-state index in [4.69, 9.17) is 4.74 Å². The lowest BCUT2D eigenvalue weighted by Crippen LogP contribution is -2.47. The number of ether oxygens (including phenoxy) is 1. The summed E-state index contributed by atoms with van der Waals surface area (Å²) >= 11 is 0. The maximum atomic E-state index is 12.8. The molecule has 1 N–H and O–H groups in total. The van der Waals surface area contributed by atoms with Gasteiger partial charge in [0.15, 0.2) is 0 Å². The molecule has 0 aliphatic carbocycles. The Morgan fingerprint density at radius 1 is 1.00 bits per heavy atom. The normalized spacial score (nSPS) is 15.8. The van der Waals surface area contributed by atoms with Crippen molar-refractivity contribution in [2.75, 3.05) is 39.8 Å². The van der Waals surface area contributed by atoms with E-state index < -0.39 is 10.0 Å². The molecule has 1 fully saturated rings. The summed E-state index contributed by atoms with van der Waals surface area (Å²) in [6, 6.07) is 13.6. The number of amides is 1. The number of nitrogens with zero attached hydrogens (tertiary/aromatic N) is 2. The van der Waals surface area contributed by atoms with Crippen molar-refractivity contribution in [2.24, 2.45) is 0 Å². The molecule has 0 saturated carbocycles. The standard InChI is InChI=1S/C21H27N3O4S/c1-3-28-19-8-6-18(7-9-19)21(25)22-16-17-4-10-20(11-5-17)29(26,27)24-14-12-23(2)13-15-24/h4-11H,3,12-16H2,1-2H3,(H,22,25). The van der Waals surface area contributed by atoms with Crippen molar-refractivity contribution in [3.8, 4) is 5.75 Å². The van der Waals surface area contributed by atoms with E-state index in [0.717, 1.165) is 24.4 Å². The number of carbonyl (C=O) groups is 1. The minimum Gasteiger partial charge on any atom is -0.494 e. The Morgan fingerprint density at radius 3 is 2.21 bits per heavy atom. The van der Waals surface area contributed by atoms with Gasteiger partial charge in [0.1, 0.15) is 5.75 Å². The van der Waals surface area contributed by atoms with Gasteiger partial charge in [-0.15, -0.1) is 0 Å². The molecular formula is C21H27N3O4S. The molecule has 2 aromatic rings. The van der Waals surface area contributed by atoms with E-state index >= 15 is 0 Å². The fourth-order valence-corrected chi connectivity index (χ4v) is 4.53. The number of hydrogen-bond donors (Lipinski definition) is 1. The maximum absolute atomic E-state index is 12.8. The van der Waals surface area contributed by atoms with Crippen molar-refractivity contribution in [1.82, 2.24) is 14.5 Å². The smallest absolute Gasteiger partial charge is 0.251 e. The number of nitrogens with one attached hydrogen (secondary N) is 1. The Morgan fingerprint density at radius 2 is 1.62 bits per heavy atom. The van der Waals surface area contributed by atoms with E-state index in [1.165, 1.54) is 4.31 Å². The van der Waals surface area contributed by atoms with E-state index in [-0.39, 0.29) is 10.8 Å². The molecule has 8 heteroatoms. The Bertz CT molecular complexity index is 919. The third-order valence-electron chi connectivity index (χ3n) is 4.90. The molecule has 2 aromatic carbocycles. The topological polar surface area (TPSA) is 78.9 Å². The van der Waals surface area contributed by atoms with Crippen LogP contribution in [0.25, 0.3) is 0 Å². The number of benzene rings is 2. The van der Waals surface area contributed by atoms with Gasteiger partial charge in [-0.2, -0.15) is 4.31 Å². The average molecular weight is 418 g/mol. The van der Waals surface area contributed by atoms with Crippen LogP contribution < -0.4 is 10.1 Å². The summed E-state index contributed by atoms with van der Waals surface area (Å²) in [5.74, 6) is 0.531. The summed E-state index contributed by atoms with van der Waals surface area (Å²) in [5.41, 5.74) is 1.38. The van der Waals surface area contributed by atoms with Gasteiger partial charge < -0.3 is 15.0 Å². The van der Waals surface area contributed by atoms with Crippen molar-refractivity contribution in [3.05, 3.63) is 59.7 Å². The van der Waals surface area contributed by atoms with Crippen molar-refractivity contribution in [3.63, 3.8) is 0 Å². The van der Waals surface area contributed by atoms with E-state index in [9.17, 15) is 13.2 Å². The molecule has 1 amide bonds. The quantitative estimate of drug-likeness (QED) is 0.745. The van der Waals surface area contributed by atoms with Crippen LogP contribution in [0.4, 0.5) is 0 Å². The van der Waals surface area contributed by atoms with Crippen molar-refractivity contribution in [1.29, 1.82) is 0 Å². The molecule has 0 spiro atoms. The highest BCUT2D eigenvalue weighted by Crippen LogP contribution is 2.18. The molecule has 1 saturated heterocycles. The van der Waals surface area contributed by atoms with Crippen LogP contribution in [0.15, 0.2) is 53.4 Å². The van der Waals surface area contributed by atoms with Crippen LogP contribution in [-0.4, -0.2) is 63.4 Å². The van der Waals surface area contributed by atoms with Gasteiger partial charge in [-0.25, -0.2) is 8.42 Å². The number of likely N-dealkylation sites (N-methyl/N-ethyl adjacent to an activating group) is 1. The third-order valence-corrected chi connectivity index (χ3v) is 6.82. The fourth-order valence-electron chi connectivity index (χ4n) is 3.11. The zero-order chi connectivity index (χ0) is 20.9. The van der Waals surface area contributed by atoms with Crippen LogP contribution in [0.2, 0.25) is 0 Å². The van der Waals surface area contributed by atoms with E-state index in [1.807, 2.05) is 14.0 Å². The summed E-state index contributed by atoms with van der Waals surface area (Å²) in [5, 5.41) is 2.85. The summed E-state index contributed by atoms with van der Waals surface area (Å²) in [6.07, 6.45) is 0. The minimum absolute atomic E-state index is 0.192. The van der Waals surface area contributed by atoms with Gasteiger partial charge in [-0.05, 0) is 55.9 Å². The van der Waals surface area contributed by atoms with Gasteiger partial charge in [0.25, 0.3) is 5.91 Å². The first-order valence-corrected chi connectivity index (χ1v) is 11.1. The first-order valence-electron chi connectivity index (χ1n) is 9.69. The number of sulfonamides is 1. The van der Waals surface area contributed by atoms with Crippen molar-refractivity contribution < 1.29 is 17.9 Å². The zero-order valence-corrected chi connectivity index (χ0v) is 17.6. The molecule has 0 unspecified atom stereocenters. The summed E-state index contributed by atoms with van der Waals surface area (Å²) < 4.78 is 32.4. The second-order valence-corrected chi connectivity index (χ2v) is 8.93. The molecule has 1 aliphatic rings. The highest BCUT2D eigenvalue weighted by atomic mass is 32.2. The molecular weight excluding hydrogens is 390 g/mol. The van der Waals surface area contributed by atoms with Crippen LogP contribution in [0, 0.1) is 0 Å². The van der Waals surface area contributed by atoms with E-state index in [0.29, 0.717) is 31.8 Å². The number of hydrogen-bond acceptors (Lipinski definition) is 5. The highest BCUT2D eigenvalue weighted by Gasteiger charge is 2.27. The van der Waals surface area contributed by atoms with E-state index in [2.05, 4.69) is 10.2 Å². The average Bonchev–Trinajstić information content (AvgIpc) is 2.73. The molecule has 156 valence electrons. The van der Waals surface area contributed by atoms with Gasteiger partial charge in [0.2, 0.25) is 10.0 Å². The molecule has 3 rings (SSSR count). The molecule has 0 aromatic heterocycles. The zero-order valence-electron chi connectivity index (χ0n) is 16.8. The third kappa shape index (κ3) is 5.35. The van der Waals surface area contributed by atoms with Gasteiger partial charge >= 0.3 is 0 Å². The van der Waals surface area contributed by atoms with Crippen LogP contribution in [0.5, 0.6) is 5.75 Å². The van der Waals surface area contributed by atoms with Crippen LogP contribution in [0.1, 0.15) is 22.8 Å². The van der Waals surface area contributed by atoms with Gasteiger partial charge in [0, 0.05) is 38.3 Å². The highest BCUT2D eigenvalue weighted by molar-refractivity contribution is 7.89. The van der Waals surface area contributed by atoms with Crippen molar-refractivity contribution in [2.45, 2.75) is 18.4 Å². The van der Waals surface area contributed by atoms with Crippen LogP contribution in [0.3, 0.4) is 0 Å². The second-order valence-electron chi connectivity index (χ2n) is 6.99. The number of carbonyl (C=O) groups excluding carboxylic acids is 1. The summed E-state index contributed by atoms with van der Waals surface area (Å²) in [7, 11) is -1.49. The fraction of sp³-hybridized carbons (Fsp3) is 0.381. The largest absolute Gasteiger partial charge is 0.494 e. The molecule has 1 aliphatic heterocycles. The van der Waals surface area contributed by atoms with Gasteiger partial charge in [0.05, 0.1) is 11.5 Å². The molecule has 0 bridgehead atoms. The predicted molar refractivity (Wildman–Crippen MR) is 111 cm³/mol. The van der Waals surface area contributed by atoms with Crippen LogP contribution >= 0.6 is 0 Å². The van der Waals surface area contributed by atoms with Gasteiger partial charge in [-0.1, -0.05) is 12.1 Å². The maximum Gasteiger partial charge on any atom is 0.251 e. The second kappa shape index (κ2) is 9.39. The lowest BCUT2D eigenvalue weighted by molar-refractivity contribution is 0.0951. The molecule has 0 radical (unpaired) electrons. The van der Waals surface area contributed by atoms with Crippen molar-refractivity contribution >= 4 is 15.9 Å². The lowest BCUT2D eigenvalue weighted by atomic mass is 10.2. The summed E-state index contributed by atoms with van der Waals surface area (Å²) in [4.78, 5) is 14.7. The summed E-state index contributed by atoms with van der Waals surface area (Å²) in [6.45, 7) is 5.26. The first-order chi connectivity index (χ1) is 13.9. The van der Waals surface area contributed by atoms with Gasteiger partial charge in [-0.3, -0.25) is 4.79 Å². The molecule has 1 heterocycles. The molecule has 7 nitrogen and oxygen atoms in total. The van der Waals surface area contributed by atoms with E-state index in [1.54, 1.807) is 48.5 Å². The molecule has 29 heavy (non-hydrogen) atoms. The SMILES string of the molecule is CCOc1ccc(C(=O)NCc2ccc(S(=O)(=O)N3CCN(C)CC3)cc2)cc1. The Kier molecular flexibility index (Phi) is 6.89. The Labute approximate surface area is 172 Å². The minimum atomic E-state index is -3.48. The Hall–Kier alpha value is -2.42. The number of rotatable bonds is 7. The lowest BCUT2D eigenvalue weighted by Gasteiger charge is -2.31.